The zero-order valence-electron chi connectivity index (χ0n) is 13.0. The van der Waals surface area contributed by atoms with Crippen LogP contribution >= 0.6 is 0 Å². The summed E-state index contributed by atoms with van der Waals surface area (Å²) in [4.78, 5) is 16.0. The van der Waals surface area contributed by atoms with Gasteiger partial charge in [-0.15, -0.1) is 0 Å². The second-order valence-corrected chi connectivity index (χ2v) is 4.84. The molecule has 0 spiro atoms. The van der Waals surface area contributed by atoms with Gasteiger partial charge in [-0.05, 0) is 33.6 Å². The Bertz CT molecular complexity index is 279. The Morgan fingerprint density at radius 1 is 1.05 bits per heavy atom. The maximum atomic E-state index is 11.6. The lowest BCUT2D eigenvalue weighted by Gasteiger charge is -2.16. The average Bonchev–Trinajstić information content (AvgIpc) is 2.38. The summed E-state index contributed by atoms with van der Waals surface area (Å²) in [6.07, 6.45) is 2.42. The molecule has 0 saturated carbocycles. The Morgan fingerprint density at radius 3 is 2.16 bits per heavy atom. The van der Waals surface area contributed by atoms with E-state index in [0.29, 0.717) is 19.0 Å². The first-order valence-corrected chi connectivity index (χ1v) is 7.37. The van der Waals surface area contributed by atoms with Gasteiger partial charge in [-0.1, -0.05) is 13.8 Å². The van der Waals surface area contributed by atoms with Crippen LogP contribution in [0.2, 0.25) is 0 Å². The zero-order valence-corrected chi connectivity index (χ0v) is 13.0. The number of carbonyl (C=O) groups excluding carboxylic acids is 1. The van der Waals surface area contributed by atoms with Crippen LogP contribution in [0.3, 0.4) is 0 Å². The fourth-order valence-electron chi connectivity index (χ4n) is 1.37. The van der Waals surface area contributed by atoms with Crippen molar-refractivity contribution in [3.05, 3.63) is 0 Å². The van der Waals surface area contributed by atoms with Crippen LogP contribution in [0, 0.1) is 0 Å². The molecule has 5 nitrogen and oxygen atoms in total. The third-order valence-corrected chi connectivity index (χ3v) is 2.97. The predicted molar refractivity (Wildman–Crippen MR) is 81.4 cm³/mol. The SMILES string of the molecule is CCNC(=NCCC(=O)NC(C)CC)NC(C)CC. The van der Waals surface area contributed by atoms with Crippen LogP contribution < -0.4 is 16.0 Å². The highest BCUT2D eigenvalue weighted by atomic mass is 16.1. The Labute approximate surface area is 117 Å². The first-order valence-electron chi connectivity index (χ1n) is 7.37. The van der Waals surface area contributed by atoms with Crippen LogP contribution in [-0.2, 0) is 4.79 Å². The molecule has 0 aromatic heterocycles. The molecule has 2 unspecified atom stereocenters. The third kappa shape index (κ3) is 9.33. The molecule has 0 heterocycles. The van der Waals surface area contributed by atoms with Crippen LogP contribution in [-0.4, -0.2) is 37.0 Å². The first kappa shape index (κ1) is 17.7. The van der Waals surface area contributed by atoms with E-state index in [-0.39, 0.29) is 11.9 Å². The summed E-state index contributed by atoms with van der Waals surface area (Å²) in [6.45, 7) is 11.7. The van der Waals surface area contributed by atoms with E-state index in [0.717, 1.165) is 25.3 Å². The number of rotatable bonds is 8. The van der Waals surface area contributed by atoms with Crippen LogP contribution in [0.1, 0.15) is 53.9 Å². The molecule has 0 saturated heterocycles. The molecule has 0 fully saturated rings. The summed E-state index contributed by atoms with van der Waals surface area (Å²) >= 11 is 0. The number of amides is 1. The number of nitrogens with one attached hydrogen (secondary N) is 3. The maximum Gasteiger partial charge on any atom is 0.222 e. The standard InChI is InChI=1S/C14H30N4O/c1-6-11(4)17-13(19)9-10-16-14(15-8-3)18-12(5)7-2/h11-12H,6-10H2,1-5H3,(H,17,19)(H2,15,16,18). The van der Waals surface area contributed by atoms with Crippen molar-refractivity contribution >= 4 is 11.9 Å². The minimum Gasteiger partial charge on any atom is -0.357 e. The molecule has 112 valence electrons. The summed E-state index contributed by atoms with van der Waals surface area (Å²) in [5.41, 5.74) is 0. The van der Waals surface area contributed by atoms with E-state index in [4.69, 9.17) is 0 Å². The van der Waals surface area contributed by atoms with Crippen molar-refractivity contribution in [2.75, 3.05) is 13.1 Å². The molecule has 0 aliphatic heterocycles. The summed E-state index contributed by atoms with van der Waals surface area (Å²) in [5.74, 6) is 0.852. The van der Waals surface area contributed by atoms with E-state index in [1.807, 2.05) is 13.8 Å². The molecular weight excluding hydrogens is 240 g/mol. The molecule has 3 N–H and O–H groups in total. The van der Waals surface area contributed by atoms with Crippen molar-refractivity contribution < 1.29 is 4.79 Å². The molecule has 0 radical (unpaired) electrons. The highest BCUT2D eigenvalue weighted by Gasteiger charge is 2.06. The van der Waals surface area contributed by atoms with Gasteiger partial charge in [-0.25, -0.2) is 0 Å². The second-order valence-electron chi connectivity index (χ2n) is 4.84. The topological polar surface area (TPSA) is 65.5 Å². The summed E-state index contributed by atoms with van der Waals surface area (Å²) in [5, 5.41) is 9.42. The molecule has 0 rings (SSSR count). The van der Waals surface area contributed by atoms with E-state index >= 15 is 0 Å². The molecule has 0 bridgehead atoms. The lowest BCUT2D eigenvalue weighted by molar-refractivity contribution is -0.121. The van der Waals surface area contributed by atoms with Crippen LogP contribution in [0.4, 0.5) is 0 Å². The van der Waals surface area contributed by atoms with E-state index in [2.05, 4.69) is 41.7 Å². The number of hydrogen-bond donors (Lipinski definition) is 3. The van der Waals surface area contributed by atoms with Crippen molar-refractivity contribution in [1.29, 1.82) is 0 Å². The molecule has 0 aromatic rings. The van der Waals surface area contributed by atoms with Crippen LogP contribution in [0.5, 0.6) is 0 Å². The fraction of sp³-hybridized carbons (Fsp3) is 0.857. The van der Waals surface area contributed by atoms with Gasteiger partial charge in [0.05, 0.1) is 6.54 Å². The number of hydrogen-bond acceptors (Lipinski definition) is 2. The minimum absolute atomic E-state index is 0.0671. The van der Waals surface area contributed by atoms with E-state index in [9.17, 15) is 4.79 Å². The van der Waals surface area contributed by atoms with Gasteiger partial charge < -0.3 is 16.0 Å². The third-order valence-electron chi connectivity index (χ3n) is 2.97. The first-order chi connectivity index (χ1) is 9.03. The normalized spacial score (nSPS) is 14.7. The number of carbonyl (C=O) groups is 1. The highest BCUT2D eigenvalue weighted by molar-refractivity contribution is 5.81. The molecular formula is C14H30N4O. The van der Waals surface area contributed by atoms with Gasteiger partial charge >= 0.3 is 0 Å². The van der Waals surface area contributed by atoms with Crippen LogP contribution in [0.25, 0.3) is 0 Å². The minimum atomic E-state index is 0.0671. The van der Waals surface area contributed by atoms with Gasteiger partial charge in [0.25, 0.3) is 0 Å². The second kappa shape index (κ2) is 10.6. The fourth-order valence-corrected chi connectivity index (χ4v) is 1.37. The van der Waals surface area contributed by atoms with Gasteiger partial charge in [0, 0.05) is 25.0 Å². The van der Waals surface area contributed by atoms with Gasteiger partial charge in [-0.2, -0.15) is 0 Å². The predicted octanol–water partition coefficient (Wildman–Crippen LogP) is 1.64. The summed E-state index contributed by atoms with van der Waals surface area (Å²) < 4.78 is 0. The Kier molecular flexibility index (Phi) is 9.94. The Morgan fingerprint density at radius 2 is 1.63 bits per heavy atom. The molecule has 19 heavy (non-hydrogen) atoms. The summed E-state index contributed by atoms with van der Waals surface area (Å²) in [6, 6.07) is 0.620. The number of nitrogens with zero attached hydrogens (tertiary/aromatic N) is 1. The maximum absolute atomic E-state index is 11.6. The zero-order chi connectivity index (χ0) is 14.7. The largest absolute Gasteiger partial charge is 0.357 e. The molecule has 0 aliphatic rings. The molecule has 2 atom stereocenters. The van der Waals surface area contributed by atoms with Gasteiger partial charge in [0.1, 0.15) is 0 Å². The van der Waals surface area contributed by atoms with Crippen molar-refractivity contribution in [2.24, 2.45) is 4.99 Å². The van der Waals surface area contributed by atoms with E-state index in [1.165, 1.54) is 0 Å². The number of aliphatic imine (C=N–C) groups is 1. The van der Waals surface area contributed by atoms with Crippen molar-refractivity contribution in [3.8, 4) is 0 Å². The van der Waals surface area contributed by atoms with Crippen molar-refractivity contribution in [1.82, 2.24) is 16.0 Å². The Balaban J connectivity index is 4.12. The van der Waals surface area contributed by atoms with Gasteiger partial charge in [0.2, 0.25) is 5.91 Å². The van der Waals surface area contributed by atoms with Crippen molar-refractivity contribution in [3.63, 3.8) is 0 Å². The van der Waals surface area contributed by atoms with E-state index < -0.39 is 0 Å². The summed E-state index contributed by atoms with van der Waals surface area (Å²) in [7, 11) is 0. The number of guanidine groups is 1. The smallest absolute Gasteiger partial charge is 0.222 e. The average molecular weight is 270 g/mol. The monoisotopic (exact) mass is 270 g/mol. The quantitative estimate of drug-likeness (QED) is 0.464. The van der Waals surface area contributed by atoms with Gasteiger partial charge in [0.15, 0.2) is 5.96 Å². The lowest BCUT2D eigenvalue weighted by atomic mass is 10.2. The molecule has 5 heteroatoms. The van der Waals surface area contributed by atoms with Crippen molar-refractivity contribution in [2.45, 2.75) is 66.0 Å². The van der Waals surface area contributed by atoms with Crippen LogP contribution in [0.15, 0.2) is 4.99 Å². The lowest BCUT2D eigenvalue weighted by Crippen LogP contribution is -2.42. The molecule has 0 aromatic carbocycles. The van der Waals surface area contributed by atoms with E-state index in [1.54, 1.807) is 0 Å². The molecule has 0 aliphatic carbocycles. The highest BCUT2D eigenvalue weighted by Crippen LogP contribution is 1.91. The Hall–Kier alpha value is -1.26. The molecule has 1 amide bonds. The van der Waals surface area contributed by atoms with Gasteiger partial charge in [-0.3, -0.25) is 9.79 Å².